The van der Waals surface area contributed by atoms with Crippen molar-refractivity contribution in [2.45, 2.75) is 12.0 Å². The number of benzene rings is 2. The van der Waals surface area contributed by atoms with Gasteiger partial charge in [0.25, 0.3) is 0 Å². The van der Waals surface area contributed by atoms with Crippen LogP contribution in [0, 0.1) is 0 Å². The molecule has 0 aliphatic heterocycles. The van der Waals surface area contributed by atoms with E-state index in [4.69, 9.17) is 4.74 Å². The van der Waals surface area contributed by atoms with Crippen LogP contribution >= 0.6 is 0 Å². The van der Waals surface area contributed by atoms with Gasteiger partial charge in [-0.3, -0.25) is 0 Å². The summed E-state index contributed by atoms with van der Waals surface area (Å²) in [4.78, 5) is 0. The van der Waals surface area contributed by atoms with Crippen LogP contribution in [0.1, 0.15) is 28.7 Å². The number of hydrogen-bond acceptors (Lipinski definition) is 2. The summed E-state index contributed by atoms with van der Waals surface area (Å²) in [7, 11) is 1.66. The molecule has 19 heavy (non-hydrogen) atoms. The van der Waals surface area contributed by atoms with Gasteiger partial charge in [-0.05, 0) is 17.2 Å². The van der Waals surface area contributed by atoms with Gasteiger partial charge in [0.05, 0.1) is 13.2 Å². The Morgan fingerprint density at radius 1 is 0.947 bits per heavy atom. The summed E-state index contributed by atoms with van der Waals surface area (Å²) in [5.41, 5.74) is 3.07. The van der Waals surface area contributed by atoms with Crippen LogP contribution in [-0.4, -0.2) is 12.2 Å². The van der Waals surface area contributed by atoms with Crippen molar-refractivity contribution in [3.63, 3.8) is 0 Å². The zero-order valence-corrected chi connectivity index (χ0v) is 10.8. The average molecular weight is 252 g/mol. The molecule has 1 aliphatic rings. The zero-order valence-electron chi connectivity index (χ0n) is 10.8. The van der Waals surface area contributed by atoms with Crippen LogP contribution in [0.5, 0.6) is 5.75 Å². The average Bonchev–Trinajstić information content (AvgIpc) is 2.48. The summed E-state index contributed by atoms with van der Waals surface area (Å²) in [6, 6.07) is 15.8. The molecule has 2 atom stereocenters. The van der Waals surface area contributed by atoms with Gasteiger partial charge in [-0.25, -0.2) is 0 Å². The number of methoxy groups -OCH3 is 1. The molecular weight excluding hydrogens is 236 g/mol. The second-order valence-corrected chi connectivity index (χ2v) is 4.70. The molecule has 3 rings (SSSR count). The van der Waals surface area contributed by atoms with Gasteiger partial charge >= 0.3 is 0 Å². The smallest absolute Gasteiger partial charge is 0.122 e. The van der Waals surface area contributed by atoms with E-state index in [1.807, 2.05) is 54.6 Å². The number of fused-ring (bicyclic) bond motifs is 1. The fourth-order valence-corrected chi connectivity index (χ4v) is 2.65. The maximum absolute atomic E-state index is 10.6. The van der Waals surface area contributed by atoms with Gasteiger partial charge in [0.2, 0.25) is 0 Å². The third-order valence-electron chi connectivity index (χ3n) is 3.64. The standard InChI is InChI=1S/C17H16O2/c1-19-16-9-5-4-8-14(16)15-11-10-12-6-2-3-7-13(12)17(15)18/h2-11,15,17-18H,1H3. The molecule has 2 unspecified atom stereocenters. The van der Waals surface area contributed by atoms with E-state index in [0.29, 0.717) is 0 Å². The van der Waals surface area contributed by atoms with Crippen molar-refractivity contribution in [3.05, 3.63) is 71.3 Å². The van der Waals surface area contributed by atoms with Crippen molar-refractivity contribution in [1.82, 2.24) is 0 Å². The lowest BCUT2D eigenvalue weighted by Gasteiger charge is -2.27. The van der Waals surface area contributed by atoms with Crippen LogP contribution in [0.2, 0.25) is 0 Å². The normalized spacial score (nSPS) is 20.9. The number of aliphatic hydroxyl groups is 1. The Kier molecular flexibility index (Phi) is 3.10. The predicted octanol–water partition coefficient (Wildman–Crippen LogP) is 3.54. The highest BCUT2D eigenvalue weighted by Gasteiger charge is 2.27. The fraction of sp³-hybridized carbons (Fsp3) is 0.176. The van der Waals surface area contributed by atoms with E-state index in [9.17, 15) is 5.11 Å². The second kappa shape index (κ2) is 4.90. The first-order valence-corrected chi connectivity index (χ1v) is 6.39. The van der Waals surface area contributed by atoms with Crippen molar-refractivity contribution in [3.8, 4) is 5.75 Å². The van der Waals surface area contributed by atoms with Gasteiger partial charge < -0.3 is 9.84 Å². The summed E-state index contributed by atoms with van der Waals surface area (Å²) in [6.45, 7) is 0. The number of para-hydroxylation sites is 1. The van der Waals surface area contributed by atoms with Crippen molar-refractivity contribution >= 4 is 6.08 Å². The monoisotopic (exact) mass is 252 g/mol. The molecule has 1 aliphatic carbocycles. The first kappa shape index (κ1) is 12.0. The highest BCUT2D eigenvalue weighted by atomic mass is 16.5. The Labute approximate surface area is 113 Å². The van der Waals surface area contributed by atoms with Crippen LogP contribution < -0.4 is 4.74 Å². The zero-order chi connectivity index (χ0) is 13.2. The Balaban J connectivity index is 2.05. The van der Waals surface area contributed by atoms with Gasteiger partial charge in [0.15, 0.2) is 0 Å². The molecule has 1 N–H and O–H groups in total. The molecule has 2 aromatic rings. The molecule has 2 nitrogen and oxygen atoms in total. The lowest BCUT2D eigenvalue weighted by molar-refractivity contribution is 0.159. The minimum atomic E-state index is -0.530. The van der Waals surface area contributed by atoms with Crippen LogP contribution in [-0.2, 0) is 0 Å². The minimum absolute atomic E-state index is 0.0638. The van der Waals surface area contributed by atoms with Gasteiger partial charge in [-0.2, -0.15) is 0 Å². The van der Waals surface area contributed by atoms with Crippen LogP contribution in [0.4, 0.5) is 0 Å². The highest BCUT2D eigenvalue weighted by Crippen LogP contribution is 2.41. The van der Waals surface area contributed by atoms with E-state index < -0.39 is 6.10 Å². The summed E-state index contributed by atoms with van der Waals surface area (Å²) < 4.78 is 5.39. The predicted molar refractivity (Wildman–Crippen MR) is 76.2 cm³/mol. The van der Waals surface area contributed by atoms with Crippen LogP contribution in [0.3, 0.4) is 0 Å². The number of aliphatic hydroxyl groups excluding tert-OH is 1. The number of ether oxygens (including phenoxy) is 1. The Hall–Kier alpha value is -2.06. The number of rotatable bonds is 2. The van der Waals surface area contributed by atoms with E-state index in [-0.39, 0.29) is 5.92 Å². The van der Waals surface area contributed by atoms with E-state index in [0.717, 1.165) is 22.4 Å². The molecular formula is C17H16O2. The Morgan fingerprint density at radius 3 is 2.42 bits per heavy atom. The fourth-order valence-electron chi connectivity index (χ4n) is 2.65. The van der Waals surface area contributed by atoms with E-state index in [1.54, 1.807) is 7.11 Å². The molecule has 0 heterocycles. The molecule has 0 spiro atoms. The van der Waals surface area contributed by atoms with Crippen LogP contribution in [0.25, 0.3) is 6.08 Å². The number of hydrogen-bond donors (Lipinski definition) is 1. The lowest BCUT2D eigenvalue weighted by atomic mass is 9.82. The quantitative estimate of drug-likeness (QED) is 0.885. The Bertz CT molecular complexity index is 616. The molecule has 2 heteroatoms. The molecule has 0 saturated heterocycles. The van der Waals surface area contributed by atoms with Gasteiger partial charge in [-0.1, -0.05) is 54.6 Å². The van der Waals surface area contributed by atoms with Gasteiger partial charge in [-0.15, -0.1) is 0 Å². The van der Waals surface area contributed by atoms with Crippen molar-refractivity contribution in [2.75, 3.05) is 7.11 Å². The second-order valence-electron chi connectivity index (χ2n) is 4.70. The maximum Gasteiger partial charge on any atom is 0.122 e. The lowest BCUT2D eigenvalue weighted by Crippen LogP contribution is -2.14. The van der Waals surface area contributed by atoms with E-state index in [2.05, 4.69) is 6.08 Å². The third kappa shape index (κ3) is 2.04. The van der Waals surface area contributed by atoms with Crippen LogP contribution in [0.15, 0.2) is 54.6 Å². The molecule has 96 valence electrons. The first-order chi connectivity index (χ1) is 9.31. The topological polar surface area (TPSA) is 29.5 Å². The van der Waals surface area contributed by atoms with E-state index >= 15 is 0 Å². The third-order valence-corrected chi connectivity index (χ3v) is 3.64. The summed E-state index contributed by atoms with van der Waals surface area (Å²) in [5, 5.41) is 10.6. The van der Waals surface area contributed by atoms with Gasteiger partial charge in [0.1, 0.15) is 5.75 Å². The largest absolute Gasteiger partial charge is 0.496 e. The summed E-state index contributed by atoms with van der Waals surface area (Å²) in [6.07, 6.45) is 3.58. The van der Waals surface area contributed by atoms with Crippen molar-refractivity contribution in [2.24, 2.45) is 0 Å². The highest BCUT2D eigenvalue weighted by molar-refractivity contribution is 5.60. The summed E-state index contributed by atoms with van der Waals surface area (Å²) in [5.74, 6) is 0.752. The molecule has 0 bridgehead atoms. The van der Waals surface area contributed by atoms with Crippen molar-refractivity contribution < 1.29 is 9.84 Å². The molecule has 0 radical (unpaired) electrons. The minimum Gasteiger partial charge on any atom is -0.496 e. The molecule has 0 saturated carbocycles. The van der Waals surface area contributed by atoms with Gasteiger partial charge in [0, 0.05) is 11.5 Å². The maximum atomic E-state index is 10.6. The first-order valence-electron chi connectivity index (χ1n) is 6.39. The molecule has 2 aromatic carbocycles. The Morgan fingerprint density at radius 2 is 1.63 bits per heavy atom. The molecule has 0 aromatic heterocycles. The van der Waals surface area contributed by atoms with E-state index in [1.165, 1.54) is 0 Å². The molecule has 0 fully saturated rings. The summed E-state index contributed by atoms with van der Waals surface area (Å²) >= 11 is 0. The van der Waals surface area contributed by atoms with Crippen molar-refractivity contribution in [1.29, 1.82) is 0 Å². The SMILES string of the molecule is COc1ccccc1C1C=Cc2ccccc2C1O. The molecule has 0 amide bonds.